The van der Waals surface area contributed by atoms with Crippen molar-refractivity contribution >= 4 is 0 Å². The number of rotatable bonds is 7. The predicted molar refractivity (Wildman–Crippen MR) is 85.5 cm³/mol. The molecule has 0 spiro atoms. The molecule has 0 radical (unpaired) electrons. The second-order valence-electron chi connectivity index (χ2n) is 4.44. The Kier molecular flexibility index (Phi) is 18.5. The van der Waals surface area contributed by atoms with E-state index in [-0.39, 0.29) is 0 Å². The van der Waals surface area contributed by atoms with Crippen LogP contribution in [0.15, 0.2) is 6.20 Å². The summed E-state index contributed by atoms with van der Waals surface area (Å²) in [6.45, 7) is 13.5. The topological polar surface area (TPSA) is 30.7 Å². The average Bonchev–Trinajstić information content (AvgIpc) is 2.90. The number of hydrogen-bond acceptors (Lipinski definition) is 2. The maximum Gasteiger partial charge on any atom is 0.0827 e. The van der Waals surface area contributed by atoms with Gasteiger partial charge in [0.05, 0.1) is 5.69 Å². The molecule has 1 aromatic heterocycles. The Balaban J connectivity index is 0. The Bertz CT molecular complexity index is 256. The first-order valence-electron chi connectivity index (χ1n) is 8.17. The number of aromatic nitrogens is 3. The second kappa shape index (κ2) is 17.1. The lowest BCUT2D eigenvalue weighted by atomic mass is 10.1. The number of hydrogen-bond donors (Lipinski definition) is 0. The third-order valence-electron chi connectivity index (χ3n) is 2.45. The molecule has 0 bridgehead atoms. The molecule has 0 saturated heterocycles. The van der Waals surface area contributed by atoms with Crippen LogP contribution in [-0.4, -0.2) is 15.0 Å². The molecule has 0 atom stereocenters. The predicted octanol–water partition coefficient (Wildman–Crippen LogP) is 5.25. The van der Waals surface area contributed by atoms with E-state index < -0.39 is 0 Å². The smallest absolute Gasteiger partial charge is 0.0827 e. The van der Waals surface area contributed by atoms with E-state index >= 15 is 0 Å². The van der Waals surface area contributed by atoms with E-state index in [0.29, 0.717) is 0 Å². The lowest BCUT2D eigenvalue weighted by molar-refractivity contribution is 0.622. The van der Waals surface area contributed by atoms with Crippen molar-refractivity contribution in [2.45, 2.75) is 93.0 Å². The van der Waals surface area contributed by atoms with Crippen LogP contribution in [-0.2, 0) is 13.0 Å². The molecule has 0 aromatic carbocycles. The monoisotopic (exact) mass is 269 g/mol. The van der Waals surface area contributed by atoms with Crippen LogP contribution >= 0.6 is 0 Å². The highest BCUT2D eigenvalue weighted by atomic mass is 15.4. The van der Waals surface area contributed by atoms with E-state index in [0.717, 1.165) is 18.7 Å². The first-order chi connectivity index (χ1) is 9.28. The zero-order valence-corrected chi connectivity index (χ0v) is 14.1. The van der Waals surface area contributed by atoms with E-state index in [1.54, 1.807) is 0 Å². The Morgan fingerprint density at radius 3 is 2.00 bits per heavy atom. The summed E-state index contributed by atoms with van der Waals surface area (Å²) in [5.41, 5.74) is 1.14. The Morgan fingerprint density at radius 2 is 1.53 bits per heavy atom. The molecule has 114 valence electrons. The van der Waals surface area contributed by atoms with Gasteiger partial charge >= 0.3 is 0 Å². The summed E-state index contributed by atoms with van der Waals surface area (Å²) < 4.78 is 1.89. The number of aryl methyl sites for hydroxylation is 2. The average molecular weight is 269 g/mol. The summed E-state index contributed by atoms with van der Waals surface area (Å²) in [5, 5.41) is 8.13. The van der Waals surface area contributed by atoms with E-state index in [4.69, 9.17) is 0 Å². The number of nitrogens with zero attached hydrogens (tertiary/aromatic N) is 3. The van der Waals surface area contributed by atoms with Crippen LogP contribution in [0, 0.1) is 0 Å². The second-order valence-corrected chi connectivity index (χ2v) is 4.44. The highest BCUT2D eigenvalue weighted by Crippen LogP contribution is 2.06. The fourth-order valence-corrected chi connectivity index (χ4v) is 1.52. The van der Waals surface area contributed by atoms with Gasteiger partial charge in [0.25, 0.3) is 0 Å². The van der Waals surface area contributed by atoms with Gasteiger partial charge in [-0.2, -0.15) is 0 Å². The summed E-state index contributed by atoms with van der Waals surface area (Å²) in [6.07, 6.45) is 11.0. The summed E-state index contributed by atoms with van der Waals surface area (Å²) >= 11 is 0. The van der Waals surface area contributed by atoms with Crippen molar-refractivity contribution in [2.24, 2.45) is 0 Å². The molecular weight excluding hydrogens is 234 g/mol. The SMILES string of the molecule is CC.CCC.CCCCCCCc1cn(CC)nn1. The molecule has 0 fully saturated rings. The molecule has 1 rings (SSSR count). The van der Waals surface area contributed by atoms with Crippen molar-refractivity contribution in [1.82, 2.24) is 15.0 Å². The van der Waals surface area contributed by atoms with Gasteiger partial charge in [-0.3, -0.25) is 4.68 Å². The van der Waals surface area contributed by atoms with Crippen LogP contribution in [0.1, 0.15) is 85.8 Å². The maximum atomic E-state index is 4.12. The summed E-state index contributed by atoms with van der Waals surface area (Å²) in [4.78, 5) is 0. The van der Waals surface area contributed by atoms with E-state index in [1.807, 2.05) is 18.5 Å². The fraction of sp³-hybridized carbons (Fsp3) is 0.875. The third kappa shape index (κ3) is 13.4. The minimum Gasteiger partial charge on any atom is -0.253 e. The molecule has 1 aromatic rings. The van der Waals surface area contributed by atoms with Gasteiger partial charge in [0.1, 0.15) is 0 Å². The van der Waals surface area contributed by atoms with Crippen molar-refractivity contribution in [3.8, 4) is 0 Å². The van der Waals surface area contributed by atoms with Crippen LogP contribution < -0.4 is 0 Å². The minimum absolute atomic E-state index is 0.919. The van der Waals surface area contributed by atoms with E-state index in [2.05, 4.69) is 44.2 Å². The Labute approximate surface area is 120 Å². The standard InChI is InChI=1S/C11H21N3.C3H8.C2H6/c1-3-5-6-7-8-9-11-10-14(4-2)13-12-11;1-3-2;1-2/h10H,3-9H2,1-2H3;3H2,1-2H3;1-2H3. The van der Waals surface area contributed by atoms with Crippen molar-refractivity contribution in [1.29, 1.82) is 0 Å². The molecule has 3 nitrogen and oxygen atoms in total. The van der Waals surface area contributed by atoms with Crippen LogP contribution in [0.5, 0.6) is 0 Å². The highest BCUT2D eigenvalue weighted by molar-refractivity contribution is 4.91. The van der Waals surface area contributed by atoms with Crippen molar-refractivity contribution < 1.29 is 0 Å². The van der Waals surface area contributed by atoms with Gasteiger partial charge in [-0.1, -0.05) is 71.9 Å². The van der Waals surface area contributed by atoms with Crippen molar-refractivity contribution in [3.63, 3.8) is 0 Å². The van der Waals surface area contributed by atoms with E-state index in [9.17, 15) is 0 Å². The molecule has 0 aliphatic carbocycles. The summed E-state index contributed by atoms with van der Waals surface area (Å²) in [5.74, 6) is 0. The zero-order valence-electron chi connectivity index (χ0n) is 14.1. The molecule has 1 heterocycles. The van der Waals surface area contributed by atoms with Gasteiger partial charge in [0, 0.05) is 12.7 Å². The van der Waals surface area contributed by atoms with Crippen molar-refractivity contribution in [3.05, 3.63) is 11.9 Å². The Morgan fingerprint density at radius 1 is 0.947 bits per heavy atom. The maximum absolute atomic E-state index is 4.12. The van der Waals surface area contributed by atoms with Gasteiger partial charge in [0.15, 0.2) is 0 Å². The lowest BCUT2D eigenvalue weighted by Gasteiger charge is -1.96. The first-order valence-corrected chi connectivity index (χ1v) is 8.17. The molecule has 0 unspecified atom stereocenters. The van der Waals surface area contributed by atoms with Crippen LogP contribution in [0.3, 0.4) is 0 Å². The fourth-order valence-electron chi connectivity index (χ4n) is 1.52. The largest absolute Gasteiger partial charge is 0.253 e. The quantitative estimate of drug-likeness (QED) is 0.633. The highest BCUT2D eigenvalue weighted by Gasteiger charge is 1.98. The summed E-state index contributed by atoms with van der Waals surface area (Å²) in [7, 11) is 0. The van der Waals surface area contributed by atoms with Crippen molar-refractivity contribution in [2.75, 3.05) is 0 Å². The van der Waals surface area contributed by atoms with Crippen LogP contribution in [0.25, 0.3) is 0 Å². The molecular formula is C16H35N3. The van der Waals surface area contributed by atoms with E-state index in [1.165, 1.54) is 38.5 Å². The van der Waals surface area contributed by atoms with Gasteiger partial charge in [0.2, 0.25) is 0 Å². The van der Waals surface area contributed by atoms with Crippen LogP contribution in [0.4, 0.5) is 0 Å². The molecule has 0 amide bonds. The normalized spacial score (nSPS) is 9.16. The molecule has 3 heteroatoms. The Hall–Kier alpha value is -0.860. The van der Waals surface area contributed by atoms with Gasteiger partial charge in [-0.25, -0.2) is 0 Å². The minimum atomic E-state index is 0.919. The van der Waals surface area contributed by atoms with Crippen LogP contribution in [0.2, 0.25) is 0 Å². The molecule has 0 N–H and O–H groups in total. The first kappa shape index (κ1) is 20.5. The summed E-state index contributed by atoms with van der Waals surface area (Å²) in [6, 6.07) is 0. The van der Waals surface area contributed by atoms with Gasteiger partial charge < -0.3 is 0 Å². The lowest BCUT2D eigenvalue weighted by Crippen LogP contribution is -1.93. The molecule has 0 aliphatic heterocycles. The van der Waals surface area contributed by atoms with Gasteiger partial charge in [-0.15, -0.1) is 5.10 Å². The number of unbranched alkanes of at least 4 members (excludes halogenated alkanes) is 4. The van der Waals surface area contributed by atoms with Gasteiger partial charge in [-0.05, 0) is 19.8 Å². The molecule has 0 saturated carbocycles. The molecule has 0 aliphatic rings. The zero-order chi connectivity index (χ0) is 14.9. The third-order valence-corrected chi connectivity index (χ3v) is 2.45. The molecule has 19 heavy (non-hydrogen) atoms.